The van der Waals surface area contributed by atoms with Crippen molar-refractivity contribution in [2.75, 3.05) is 42.9 Å². The van der Waals surface area contributed by atoms with Crippen molar-refractivity contribution in [2.24, 2.45) is 46.3 Å². The summed E-state index contributed by atoms with van der Waals surface area (Å²) in [6.07, 6.45) is 8.58. The molecule has 4 saturated carbocycles. The standard InChI is InChI=1S/C40H62Cl2N2O6/c1-26(7-14-37(48)49)31-12-13-32-38-33(25-35(46)40(31,32)3)39(2)16-15-30(23-28(39)24-34(38)45)50-22-19-43-36(47)6-4-5-27-8-10-29(11-9-27)44(20-17-41)21-18-42/h8-11,26,28,30-35,38,45-46H,4-7,12-25H2,1-3H3,(H,43,47)(H,48,49)/t26-,28+,30+,31-,32+,33+,34-,35+,38+,39+,40-/m1/s1. The summed E-state index contributed by atoms with van der Waals surface area (Å²) in [6.45, 7) is 9.29. The molecule has 4 aliphatic carbocycles. The van der Waals surface area contributed by atoms with Crippen LogP contribution in [0.25, 0.3) is 0 Å². The predicted octanol–water partition coefficient (Wildman–Crippen LogP) is 6.90. The van der Waals surface area contributed by atoms with Crippen molar-refractivity contribution in [1.82, 2.24) is 5.32 Å². The quantitative estimate of drug-likeness (QED) is 0.102. The van der Waals surface area contributed by atoms with Gasteiger partial charge in [0.1, 0.15) is 0 Å². The average molecular weight is 738 g/mol. The van der Waals surface area contributed by atoms with Crippen LogP contribution in [-0.4, -0.2) is 83.5 Å². The lowest BCUT2D eigenvalue weighted by atomic mass is 9.43. The lowest BCUT2D eigenvalue weighted by Gasteiger charge is -2.63. The molecule has 0 unspecified atom stereocenters. The number of aliphatic carboxylic acids is 1. The monoisotopic (exact) mass is 736 g/mol. The van der Waals surface area contributed by atoms with E-state index >= 15 is 0 Å². The smallest absolute Gasteiger partial charge is 0.303 e. The highest BCUT2D eigenvalue weighted by Crippen LogP contribution is 2.68. The highest BCUT2D eigenvalue weighted by Gasteiger charge is 2.65. The fourth-order valence-corrected chi connectivity index (χ4v) is 11.6. The van der Waals surface area contributed by atoms with Gasteiger partial charge in [-0.2, -0.15) is 0 Å². The summed E-state index contributed by atoms with van der Waals surface area (Å²) >= 11 is 11.9. The average Bonchev–Trinajstić information content (AvgIpc) is 3.45. The summed E-state index contributed by atoms with van der Waals surface area (Å²) in [5, 5.41) is 35.8. The largest absolute Gasteiger partial charge is 0.481 e. The number of anilines is 1. The second-order valence-electron chi connectivity index (χ2n) is 16.5. The van der Waals surface area contributed by atoms with Crippen LogP contribution < -0.4 is 10.2 Å². The fourth-order valence-electron chi connectivity index (χ4n) is 11.2. The van der Waals surface area contributed by atoms with Gasteiger partial charge in [-0.1, -0.05) is 32.9 Å². The van der Waals surface area contributed by atoms with Crippen molar-refractivity contribution in [3.63, 3.8) is 0 Å². The maximum atomic E-state index is 12.5. The Kier molecular flexibility index (Phi) is 13.9. The van der Waals surface area contributed by atoms with Crippen molar-refractivity contribution in [2.45, 2.75) is 116 Å². The number of alkyl halides is 2. The van der Waals surface area contributed by atoms with Crippen LogP contribution in [0.1, 0.15) is 97.0 Å². The Morgan fingerprint density at radius 3 is 2.40 bits per heavy atom. The summed E-state index contributed by atoms with van der Waals surface area (Å²) in [4.78, 5) is 26.0. The number of rotatable bonds is 17. The molecule has 0 aliphatic heterocycles. The molecule has 282 valence electrons. The highest BCUT2D eigenvalue weighted by molar-refractivity contribution is 6.18. The Balaban J connectivity index is 1.05. The minimum absolute atomic E-state index is 0.0478. The van der Waals surface area contributed by atoms with E-state index in [1.165, 1.54) is 5.56 Å². The molecule has 1 amide bonds. The lowest BCUT2D eigenvalue weighted by Crippen LogP contribution is -2.62. The number of carbonyl (C=O) groups excluding carboxylic acids is 1. The molecule has 8 nitrogen and oxygen atoms in total. The summed E-state index contributed by atoms with van der Waals surface area (Å²) in [5.41, 5.74) is 2.09. The number of nitrogens with zero attached hydrogens (tertiary/aromatic N) is 1. The van der Waals surface area contributed by atoms with Crippen LogP contribution in [0.5, 0.6) is 0 Å². The number of amides is 1. The zero-order valence-corrected chi connectivity index (χ0v) is 32.0. The Bertz CT molecular complexity index is 1260. The lowest BCUT2D eigenvalue weighted by molar-refractivity contribution is -0.209. The second-order valence-corrected chi connectivity index (χ2v) is 17.3. The van der Waals surface area contributed by atoms with E-state index in [4.69, 9.17) is 27.9 Å². The SMILES string of the molecule is C[C@H](CCC(=O)O)[C@H]1CC[C@H]2[C@@H]3[C@H](O)C[C@@H]4C[C@@H](OCCNC(=O)CCCc5ccc(N(CCCl)CCCl)cc5)CC[C@]4(C)[C@H]3C[C@H](O)[C@]12C. The van der Waals surface area contributed by atoms with Gasteiger partial charge in [0.15, 0.2) is 0 Å². The number of aliphatic hydroxyl groups is 2. The molecule has 4 aliphatic rings. The number of aliphatic hydroxyl groups excluding tert-OH is 2. The molecule has 4 N–H and O–H groups in total. The van der Waals surface area contributed by atoms with Gasteiger partial charge < -0.3 is 30.3 Å². The number of carboxylic acid groups (broad SMARTS) is 1. The van der Waals surface area contributed by atoms with E-state index in [-0.39, 0.29) is 65.0 Å². The van der Waals surface area contributed by atoms with E-state index in [9.17, 15) is 24.9 Å². The maximum Gasteiger partial charge on any atom is 0.303 e. The first-order valence-corrected chi connectivity index (χ1v) is 20.4. The maximum absolute atomic E-state index is 12.5. The molecule has 11 atom stereocenters. The van der Waals surface area contributed by atoms with Crippen LogP contribution in [0.15, 0.2) is 24.3 Å². The molecular weight excluding hydrogens is 675 g/mol. The van der Waals surface area contributed by atoms with E-state index in [1.807, 2.05) is 0 Å². The van der Waals surface area contributed by atoms with Gasteiger partial charge in [-0.05, 0) is 128 Å². The van der Waals surface area contributed by atoms with Gasteiger partial charge in [0, 0.05) is 49.9 Å². The number of benzene rings is 1. The number of halogens is 2. The van der Waals surface area contributed by atoms with E-state index < -0.39 is 12.1 Å². The van der Waals surface area contributed by atoms with Gasteiger partial charge >= 0.3 is 5.97 Å². The zero-order chi connectivity index (χ0) is 36.1. The van der Waals surface area contributed by atoms with Crippen LogP contribution in [-0.2, 0) is 20.7 Å². The summed E-state index contributed by atoms with van der Waals surface area (Å²) in [6, 6.07) is 8.42. The number of carboxylic acids is 1. The number of hydrogen-bond donors (Lipinski definition) is 4. The molecule has 50 heavy (non-hydrogen) atoms. The number of nitrogens with one attached hydrogen (secondary N) is 1. The second kappa shape index (κ2) is 17.5. The highest BCUT2D eigenvalue weighted by atomic mass is 35.5. The molecule has 1 aromatic carbocycles. The normalized spacial score (nSPS) is 35.4. The first-order valence-electron chi connectivity index (χ1n) is 19.3. The van der Waals surface area contributed by atoms with E-state index in [0.29, 0.717) is 50.1 Å². The van der Waals surface area contributed by atoms with Gasteiger partial charge in [-0.25, -0.2) is 0 Å². The molecular formula is C40H62Cl2N2O6. The van der Waals surface area contributed by atoms with Crippen LogP contribution in [0, 0.1) is 46.3 Å². The molecule has 10 heteroatoms. The molecule has 0 heterocycles. The number of aryl methyl sites for hydroxylation is 1. The molecule has 4 fully saturated rings. The Labute approximate surface area is 310 Å². The minimum Gasteiger partial charge on any atom is -0.481 e. The van der Waals surface area contributed by atoms with Crippen LogP contribution in [0.3, 0.4) is 0 Å². The number of fused-ring (bicyclic) bond motifs is 5. The van der Waals surface area contributed by atoms with Gasteiger partial charge in [-0.3, -0.25) is 9.59 Å². The van der Waals surface area contributed by atoms with Gasteiger partial charge in [-0.15, -0.1) is 23.2 Å². The van der Waals surface area contributed by atoms with Crippen molar-refractivity contribution >= 4 is 40.8 Å². The summed E-state index contributed by atoms with van der Waals surface area (Å²) in [5.74, 6) is 1.97. The Morgan fingerprint density at radius 2 is 1.72 bits per heavy atom. The zero-order valence-electron chi connectivity index (χ0n) is 30.5. The minimum atomic E-state index is -0.758. The van der Waals surface area contributed by atoms with Crippen molar-refractivity contribution in [3.05, 3.63) is 29.8 Å². The first-order chi connectivity index (χ1) is 23.9. The number of carbonyl (C=O) groups is 2. The third-order valence-electron chi connectivity index (χ3n) is 14.0. The first kappa shape index (κ1) is 39.6. The van der Waals surface area contributed by atoms with Crippen molar-refractivity contribution in [1.29, 1.82) is 0 Å². The third kappa shape index (κ3) is 8.62. The molecule has 0 saturated heterocycles. The van der Waals surface area contributed by atoms with Crippen LogP contribution >= 0.6 is 23.2 Å². The van der Waals surface area contributed by atoms with E-state index in [2.05, 4.69) is 55.3 Å². The number of ether oxygens (including phenoxy) is 1. The van der Waals surface area contributed by atoms with Crippen molar-refractivity contribution in [3.8, 4) is 0 Å². The van der Waals surface area contributed by atoms with Gasteiger partial charge in [0.05, 0.1) is 24.9 Å². The van der Waals surface area contributed by atoms with Gasteiger partial charge in [0.25, 0.3) is 0 Å². The molecule has 1 aromatic rings. The van der Waals surface area contributed by atoms with Crippen LogP contribution in [0.4, 0.5) is 5.69 Å². The van der Waals surface area contributed by atoms with Gasteiger partial charge in [0.2, 0.25) is 5.91 Å². The Hall–Kier alpha value is -1.58. The summed E-state index contributed by atoms with van der Waals surface area (Å²) < 4.78 is 6.32. The molecule has 0 aromatic heterocycles. The van der Waals surface area contributed by atoms with Crippen molar-refractivity contribution < 1.29 is 29.6 Å². The van der Waals surface area contributed by atoms with E-state index in [0.717, 1.165) is 70.1 Å². The third-order valence-corrected chi connectivity index (χ3v) is 14.3. The molecule has 0 radical (unpaired) electrons. The van der Waals surface area contributed by atoms with Crippen LogP contribution in [0.2, 0.25) is 0 Å². The molecule has 5 rings (SSSR count). The topological polar surface area (TPSA) is 119 Å². The van der Waals surface area contributed by atoms with E-state index in [1.54, 1.807) is 0 Å². The molecule has 0 spiro atoms. The predicted molar refractivity (Wildman–Crippen MR) is 200 cm³/mol. The Morgan fingerprint density at radius 1 is 1.00 bits per heavy atom. The number of hydrogen-bond acceptors (Lipinski definition) is 6. The fraction of sp³-hybridized carbons (Fsp3) is 0.800. The summed E-state index contributed by atoms with van der Waals surface area (Å²) in [7, 11) is 0. The molecule has 0 bridgehead atoms.